The third-order valence-corrected chi connectivity index (χ3v) is 6.10. The number of thioether (sulfide) groups is 1. The average Bonchev–Trinajstić information content (AvgIpc) is 3.25. The fourth-order valence-electron chi connectivity index (χ4n) is 2.73. The minimum absolute atomic E-state index is 0.103. The maximum absolute atomic E-state index is 12.6. The van der Waals surface area contributed by atoms with Crippen molar-refractivity contribution < 1.29 is 4.79 Å². The van der Waals surface area contributed by atoms with Crippen molar-refractivity contribution in [3.8, 4) is 11.3 Å². The summed E-state index contributed by atoms with van der Waals surface area (Å²) in [6.45, 7) is 4.08. The molecule has 4 aromatic rings. The van der Waals surface area contributed by atoms with E-state index in [0.29, 0.717) is 5.75 Å². The zero-order valence-electron chi connectivity index (χ0n) is 14.5. The van der Waals surface area contributed by atoms with Gasteiger partial charge in [-0.05, 0) is 36.6 Å². The van der Waals surface area contributed by atoms with Crippen molar-refractivity contribution in [1.29, 1.82) is 0 Å². The van der Waals surface area contributed by atoms with E-state index in [2.05, 4.69) is 27.7 Å². The Bertz CT molecular complexity index is 1080. The summed E-state index contributed by atoms with van der Waals surface area (Å²) in [5.74, 6) is 0.444. The molecule has 130 valence electrons. The maximum Gasteiger partial charge on any atom is 0.217 e. The number of benzene rings is 2. The lowest BCUT2D eigenvalue weighted by Gasteiger charge is -2.05. The van der Waals surface area contributed by atoms with Crippen LogP contribution in [0, 0.1) is 13.8 Å². The van der Waals surface area contributed by atoms with Gasteiger partial charge in [0, 0.05) is 10.9 Å². The van der Waals surface area contributed by atoms with Crippen LogP contribution in [0.4, 0.5) is 0 Å². The average molecular weight is 380 g/mol. The molecule has 2 heterocycles. The summed E-state index contributed by atoms with van der Waals surface area (Å²) in [6, 6.07) is 16.0. The van der Waals surface area contributed by atoms with E-state index in [1.165, 1.54) is 17.3 Å². The summed E-state index contributed by atoms with van der Waals surface area (Å²) in [4.78, 5) is 13.4. The maximum atomic E-state index is 12.6. The van der Waals surface area contributed by atoms with Crippen LogP contribution in [0.25, 0.3) is 16.2 Å². The summed E-state index contributed by atoms with van der Waals surface area (Å²) in [6.07, 6.45) is 0. The van der Waals surface area contributed by atoms with Gasteiger partial charge in [0.05, 0.1) is 11.4 Å². The Morgan fingerprint density at radius 2 is 1.88 bits per heavy atom. The number of fused-ring (bicyclic) bond motifs is 1. The summed E-state index contributed by atoms with van der Waals surface area (Å²) in [5.41, 5.74) is 5.24. The number of carbonyl (C=O) groups is 1. The molecule has 4 rings (SSSR count). The first kappa shape index (κ1) is 17.0. The third kappa shape index (κ3) is 3.18. The molecule has 0 aliphatic heterocycles. The summed E-state index contributed by atoms with van der Waals surface area (Å²) < 4.78 is 2.03. The Morgan fingerprint density at radius 1 is 1.08 bits per heavy atom. The molecular formula is C20H17N3OS2. The van der Waals surface area contributed by atoms with Gasteiger partial charge in [0.2, 0.25) is 4.96 Å². The molecule has 4 nitrogen and oxygen atoms in total. The van der Waals surface area contributed by atoms with Crippen molar-refractivity contribution in [2.75, 3.05) is 5.75 Å². The second kappa shape index (κ2) is 7.05. The van der Waals surface area contributed by atoms with Crippen molar-refractivity contribution in [3.05, 3.63) is 70.6 Å². The Labute approximate surface area is 159 Å². The number of Topliss-reactive ketones (excluding diaryl/α,β-unsaturated/α-hetero) is 1. The van der Waals surface area contributed by atoms with Crippen LogP contribution < -0.4 is 0 Å². The molecule has 26 heavy (non-hydrogen) atoms. The Kier molecular flexibility index (Phi) is 4.61. The number of hydrogen-bond acceptors (Lipinski definition) is 5. The van der Waals surface area contributed by atoms with E-state index in [-0.39, 0.29) is 5.78 Å². The first-order chi connectivity index (χ1) is 12.6. The van der Waals surface area contributed by atoms with E-state index in [0.717, 1.165) is 32.5 Å². The van der Waals surface area contributed by atoms with Gasteiger partial charge in [0.25, 0.3) is 0 Å². The number of rotatable bonds is 5. The van der Waals surface area contributed by atoms with Gasteiger partial charge < -0.3 is 0 Å². The highest BCUT2D eigenvalue weighted by molar-refractivity contribution is 7.99. The lowest BCUT2D eigenvalue weighted by molar-refractivity contribution is 0.102. The van der Waals surface area contributed by atoms with Gasteiger partial charge in [0.15, 0.2) is 10.9 Å². The van der Waals surface area contributed by atoms with E-state index in [1.807, 2.05) is 54.6 Å². The van der Waals surface area contributed by atoms with Crippen LogP contribution in [-0.2, 0) is 0 Å². The normalized spacial score (nSPS) is 11.2. The fraction of sp³-hybridized carbons (Fsp3) is 0.150. The minimum Gasteiger partial charge on any atom is -0.293 e. The second-order valence-electron chi connectivity index (χ2n) is 6.10. The van der Waals surface area contributed by atoms with Crippen LogP contribution in [-0.4, -0.2) is 26.1 Å². The molecule has 2 aromatic carbocycles. The summed E-state index contributed by atoms with van der Waals surface area (Å²) in [5, 5.41) is 11.3. The highest BCUT2D eigenvalue weighted by Gasteiger charge is 2.16. The number of hydrogen-bond donors (Lipinski definition) is 0. The lowest BCUT2D eigenvalue weighted by atomic mass is 10.0. The first-order valence-corrected chi connectivity index (χ1v) is 10.1. The molecular weight excluding hydrogens is 362 g/mol. The van der Waals surface area contributed by atoms with Gasteiger partial charge in [-0.2, -0.15) is 0 Å². The molecule has 0 aliphatic rings. The zero-order valence-corrected chi connectivity index (χ0v) is 16.1. The summed E-state index contributed by atoms with van der Waals surface area (Å²) in [7, 11) is 0. The van der Waals surface area contributed by atoms with Gasteiger partial charge in [-0.3, -0.25) is 9.20 Å². The molecule has 6 heteroatoms. The number of thiazole rings is 1. The molecule has 0 aliphatic carbocycles. The van der Waals surface area contributed by atoms with E-state index in [1.54, 1.807) is 11.3 Å². The molecule has 0 N–H and O–H groups in total. The van der Waals surface area contributed by atoms with Crippen molar-refractivity contribution in [3.63, 3.8) is 0 Å². The predicted octanol–water partition coefficient (Wildman–Crippen LogP) is 5.05. The van der Waals surface area contributed by atoms with Crippen molar-refractivity contribution >= 4 is 33.8 Å². The SMILES string of the molecule is Cc1ccc(C(=O)CSc2nnc3scc(-c4ccccc4)n23)cc1C. The number of carbonyl (C=O) groups excluding carboxylic acids is 1. The Morgan fingerprint density at radius 3 is 2.65 bits per heavy atom. The number of aryl methyl sites for hydroxylation is 2. The highest BCUT2D eigenvalue weighted by atomic mass is 32.2. The largest absolute Gasteiger partial charge is 0.293 e. The van der Waals surface area contributed by atoms with Crippen LogP contribution in [0.5, 0.6) is 0 Å². The number of ketones is 1. The van der Waals surface area contributed by atoms with Crippen molar-refractivity contribution in [1.82, 2.24) is 14.6 Å². The van der Waals surface area contributed by atoms with Gasteiger partial charge in [-0.25, -0.2) is 0 Å². The third-order valence-electron chi connectivity index (χ3n) is 4.35. The minimum atomic E-state index is 0.103. The molecule has 0 amide bonds. The fourth-order valence-corrected chi connectivity index (χ4v) is 4.46. The lowest BCUT2D eigenvalue weighted by Crippen LogP contribution is -2.04. The second-order valence-corrected chi connectivity index (χ2v) is 7.88. The first-order valence-electron chi connectivity index (χ1n) is 8.25. The monoisotopic (exact) mass is 379 g/mol. The van der Waals surface area contributed by atoms with E-state index < -0.39 is 0 Å². The smallest absolute Gasteiger partial charge is 0.217 e. The van der Waals surface area contributed by atoms with E-state index in [4.69, 9.17) is 0 Å². The van der Waals surface area contributed by atoms with Crippen LogP contribution in [0.3, 0.4) is 0 Å². The molecule has 0 fully saturated rings. The number of nitrogens with zero attached hydrogens (tertiary/aromatic N) is 3. The molecule has 2 aromatic heterocycles. The molecule has 0 unspecified atom stereocenters. The molecule has 0 bridgehead atoms. The Hall–Kier alpha value is -2.44. The summed E-state index contributed by atoms with van der Waals surface area (Å²) >= 11 is 2.98. The Balaban J connectivity index is 1.59. The molecule has 0 radical (unpaired) electrons. The van der Waals surface area contributed by atoms with Crippen LogP contribution in [0.15, 0.2) is 59.1 Å². The van der Waals surface area contributed by atoms with Crippen LogP contribution in [0.2, 0.25) is 0 Å². The van der Waals surface area contributed by atoms with E-state index >= 15 is 0 Å². The van der Waals surface area contributed by atoms with Crippen LogP contribution in [0.1, 0.15) is 21.5 Å². The van der Waals surface area contributed by atoms with E-state index in [9.17, 15) is 4.79 Å². The topological polar surface area (TPSA) is 47.3 Å². The van der Waals surface area contributed by atoms with Gasteiger partial charge in [-0.15, -0.1) is 21.5 Å². The molecule has 0 spiro atoms. The van der Waals surface area contributed by atoms with Crippen molar-refractivity contribution in [2.45, 2.75) is 19.0 Å². The number of aromatic nitrogens is 3. The predicted molar refractivity (Wildman–Crippen MR) is 107 cm³/mol. The van der Waals surface area contributed by atoms with Gasteiger partial charge in [0.1, 0.15) is 0 Å². The quantitative estimate of drug-likeness (QED) is 0.360. The van der Waals surface area contributed by atoms with Crippen molar-refractivity contribution in [2.24, 2.45) is 0 Å². The molecule has 0 saturated carbocycles. The highest BCUT2D eigenvalue weighted by Crippen LogP contribution is 2.30. The molecule has 0 atom stereocenters. The molecule has 0 saturated heterocycles. The van der Waals surface area contributed by atoms with Gasteiger partial charge in [-0.1, -0.05) is 54.2 Å². The van der Waals surface area contributed by atoms with Crippen LogP contribution >= 0.6 is 23.1 Å². The van der Waals surface area contributed by atoms with Gasteiger partial charge >= 0.3 is 0 Å². The standard InChI is InChI=1S/C20H17N3OS2/c1-13-8-9-16(10-14(13)2)18(24)12-26-20-22-21-19-23(20)17(11-25-19)15-6-4-3-5-7-15/h3-11H,12H2,1-2H3. The zero-order chi connectivity index (χ0) is 18.1.